The second-order valence-corrected chi connectivity index (χ2v) is 6.58. The lowest BCUT2D eigenvalue weighted by Gasteiger charge is -2.10. The first-order valence-corrected chi connectivity index (χ1v) is 9.07. The van der Waals surface area contributed by atoms with Crippen LogP contribution in [0.1, 0.15) is 11.1 Å². The lowest BCUT2D eigenvalue weighted by atomic mass is 10.1. The first-order chi connectivity index (χ1) is 13.7. The highest BCUT2D eigenvalue weighted by Gasteiger charge is 2.16. The molecule has 140 valence electrons. The van der Waals surface area contributed by atoms with Crippen LogP contribution in [0, 0.1) is 0 Å². The summed E-state index contributed by atoms with van der Waals surface area (Å²) in [6, 6.07) is 20.9. The maximum absolute atomic E-state index is 6.19. The van der Waals surface area contributed by atoms with Crippen LogP contribution in [0.15, 0.2) is 76.7 Å². The average Bonchev–Trinajstić information content (AvgIpc) is 2.93. The summed E-state index contributed by atoms with van der Waals surface area (Å²) in [5.41, 5.74) is 3.36. The molecule has 0 spiro atoms. The predicted octanol–water partition coefficient (Wildman–Crippen LogP) is 5.31. The highest BCUT2D eigenvalue weighted by Crippen LogP contribution is 2.32. The molecule has 6 heteroatoms. The lowest BCUT2D eigenvalue weighted by molar-refractivity contribution is 0.414. The summed E-state index contributed by atoms with van der Waals surface area (Å²) in [6.45, 7) is 0. The Morgan fingerprint density at radius 3 is 1.96 bits per heavy atom. The van der Waals surface area contributed by atoms with E-state index >= 15 is 0 Å². The van der Waals surface area contributed by atoms with E-state index in [2.05, 4.69) is 5.32 Å². The predicted molar refractivity (Wildman–Crippen MR) is 114 cm³/mol. The zero-order chi connectivity index (χ0) is 19.5. The van der Waals surface area contributed by atoms with Crippen molar-refractivity contribution >= 4 is 34.6 Å². The van der Waals surface area contributed by atoms with Gasteiger partial charge in [-0.2, -0.15) is 0 Å². The van der Waals surface area contributed by atoms with E-state index in [9.17, 15) is 0 Å². The maximum Gasteiger partial charge on any atom is 0.162 e. The van der Waals surface area contributed by atoms with Crippen molar-refractivity contribution in [3.63, 3.8) is 0 Å². The summed E-state index contributed by atoms with van der Waals surface area (Å²) in [5.74, 6) is 2.84. The van der Waals surface area contributed by atoms with Crippen molar-refractivity contribution in [1.29, 1.82) is 0 Å². The smallest absolute Gasteiger partial charge is 0.162 e. The largest absolute Gasteiger partial charge is 0.497 e. The summed E-state index contributed by atoms with van der Waals surface area (Å²) < 4.78 is 10.5. The number of ether oxygens (including phenoxy) is 2. The number of benzene rings is 3. The molecule has 0 unspecified atom stereocenters. The monoisotopic (exact) mass is 391 g/mol. The third kappa shape index (κ3) is 3.70. The molecule has 0 radical (unpaired) electrons. The Bertz CT molecular complexity index is 1060. The number of fused-ring (bicyclic) bond motifs is 1. The summed E-state index contributed by atoms with van der Waals surface area (Å²) >= 11 is 6.19. The highest BCUT2D eigenvalue weighted by atomic mass is 35.5. The Morgan fingerprint density at radius 1 is 0.750 bits per heavy atom. The topological polar surface area (TPSA) is 55.2 Å². The number of nitrogens with one attached hydrogen (secondary N) is 1. The molecule has 4 rings (SSSR count). The molecule has 0 fully saturated rings. The summed E-state index contributed by atoms with van der Waals surface area (Å²) in [4.78, 5) is 9.56. The molecule has 1 N–H and O–H groups in total. The summed E-state index contributed by atoms with van der Waals surface area (Å²) in [7, 11) is 3.28. The molecule has 0 aromatic heterocycles. The minimum Gasteiger partial charge on any atom is -0.497 e. The molecule has 0 amide bonds. The van der Waals surface area contributed by atoms with Gasteiger partial charge in [0.1, 0.15) is 17.3 Å². The zero-order valence-electron chi connectivity index (χ0n) is 15.4. The van der Waals surface area contributed by atoms with E-state index in [-0.39, 0.29) is 0 Å². The number of anilines is 1. The van der Waals surface area contributed by atoms with Crippen molar-refractivity contribution in [3.05, 3.63) is 82.9 Å². The van der Waals surface area contributed by atoms with Crippen LogP contribution in [-0.2, 0) is 0 Å². The highest BCUT2D eigenvalue weighted by molar-refractivity contribution is 6.31. The van der Waals surface area contributed by atoms with Crippen molar-refractivity contribution < 1.29 is 9.47 Å². The van der Waals surface area contributed by atoms with Gasteiger partial charge in [0.2, 0.25) is 0 Å². The van der Waals surface area contributed by atoms with Crippen molar-refractivity contribution in [2.75, 3.05) is 19.5 Å². The molecule has 0 saturated carbocycles. The third-order valence-corrected chi connectivity index (χ3v) is 4.60. The molecular formula is C22H18ClN3O2. The number of aliphatic imine (C=N–C) groups is 2. The SMILES string of the molecule is COc1ccc(C2=Nc3ccc(Cl)cc3NC(c3ccc(OC)cc3)=N2)cc1. The second-order valence-electron chi connectivity index (χ2n) is 6.14. The number of hydrogen-bond donors (Lipinski definition) is 1. The Labute approximate surface area is 168 Å². The molecule has 3 aromatic rings. The first-order valence-electron chi connectivity index (χ1n) is 8.69. The maximum atomic E-state index is 6.19. The van der Waals surface area contributed by atoms with Crippen LogP contribution in [0.3, 0.4) is 0 Å². The molecule has 28 heavy (non-hydrogen) atoms. The van der Waals surface area contributed by atoms with E-state index in [0.717, 1.165) is 34.0 Å². The van der Waals surface area contributed by atoms with Gasteiger partial charge in [0.25, 0.3) is 0 Å². The van der Waals surface area contributed by atoms with E-state index in [4.69, 9.17) is 31.1 Å². The lowest BCUT2D eigenvalue weighted by Crippen LogP contribution is -2.15. The van der Waals surface area contributed by atoms with E-state index < -0.39 is 0 Å². The van der Waals surface area contributed by atoms with E-state index in [0.29, 0.717) is 16.7 Å². The van der Waals surface area contributed by atoms with E-state index in [1.165, 1.54) is 0 Å². The normalized spacial score (nSPS) is 12.8. The third-order valence-electron chi connectivity index (χ3n) is 4.37. The Kier molecular flexibility index (Phi) is 5.00. The number of rotatable bonds is 4. The number of amidine groups is 2. The number of halogens is 1. The van der Waals surface area contributed by atoms with Gasteiger partial charge in [-0.25, -0.2) is 9.98 Å². The van der Waals surface area contributed by atoms with Crippen molar-refractivity contribution in [2.24, 2.45) is 9.98 Å². The van der Waals surface area contributed by atoms with Gasteiger partial charge in [0.05, 0.1) is 25.6 Å². The van der Waals surface area contributed by atoms with Gasteiger partial charge in [0.15, 0.2) is 5.84 Å². The average molecular weight is 392 g/mol. The van der Waals surface area contributed by atoms with Gasteiger partial charge in [-0.15, -0.1) is 0 Å². The van der Waals surface area contributed by atoms with Crippen molar-refractivity contribution in [2.45, 2.75) is 0 Å². The fraction of sp³-hybridized carbons (Fsp3) is 0.0909. The fourth-order valence-corrected chi connectivity index (χ4v) is 3.03. The minimum absolute atomic E-state index is 0.599. The van der Waals surface area contributed by atoms with Gasteiger partial charge in [-0.05, 0) is 66.7 Å². The van der Waals surface area contributed by atoms with Crippen LogP contribution in [0.25, 0.3) is 0 Å². The molecule has 0 atom stereocenters. The van der Waals surface area contributed by atoms with Gasteiger partial charge in [0, 0.05) is 16.1 Å². The van der Waals surface area contributed by atoms with Gasteiger partial charge < -0.3 is 14.8 Å². The molecule has 0 saturated heterocycles. The van der Waals surface area contributed by atoms with Crippen LogP contribution >= 0.6 is 11.6 Å². The Morgan fingerprint density at radius 2 is 1.36 bits per heavy atom. The van der Waals surface area contributed by atoms with E-state index in [1.807, 2.05) is 66.7 Å². The molecule has 0 aliphatic carbocycles. The van der Waals surface area contributed by atoms with Crippen LogP contribution in [-0.4, -0.2) is 25.9 Å². The molecule has 1 heterocycles. The van der Waals surface area contributed by atoms with Crippen molar-refractivity contribution in [3.8, 4) is 11.5 Å². The van der Waals surface area contributed by atoms with Crippen LogP contribution in [0.4, 0.5) is 11.4 Å². The van der Waals surface area contributed by atoms with E-state index in [1.54, 1.807) is 14.2 Å². The van der Waals surface area contributed by atoms with Crippen LogP contribution in [0.5, 0.6) is 11.5 Å². The number of nitrogens with zero attached hydrogens (tertiary/aromatic N) is 2. The molecule has 0 bridgehead atoms. The molecule has 1 aliphatic rings. The molecular weight excluding hydrogens is 374 g/mol. The van der Waals surface area contributed by atoms with Crippen LogP contribution in [0.2, 0.25) is 5.02 Å². The zero-order valence-corrected chi connectivity index (χ0v) is 16.2. The minimum atomic E-state index is 0.599. The summed E-state index contributed by atoms with van der Waals surface area (Å²) in [5, 5.41) is 3.99. The molecule has 5 nitrogen and oxygen atoms in total. The van der Waals surface area contributed by atoms with Gasteiger partial charge >= 0.3 is 0 Å². The Hall–Kier alpha value is -3.31. The molecule has 1 aliphatic heterocycles. The van der Waals surface area contributed by atoms with Crippen molar-refractivity contribution in [1.82, 2.24) is 0 Å². The van der Waals surface area contributed by atoms with Gasteiger partial charge in [-0.3, -0.25) is 0 Å². The summed E-state index contributed by atoms with van der Waals surface area (Å²) in [6.07, 6.45) is 0. The van der Waals surface area contributed by atoms with Gasteiger partial charge in [-0.1, -0.05) is 11.6 Å². The molecule has 3 aromatic carbocycles. The number of hydrogen-bond acceptors (Lipinski definition) is 5. The Balaban J connectivity index is 1.83. The number of methoxy groups -OCH3 is 2. The first kappa shape index (κ1) is 18.1. The van der Waals surface area contributed by atoms with Crippen LogP contribution < -0.4 is 14.8 Å². The standard InChI is InChI=1S/C22H18ClN3O2/c1-27-17-8-3-14(4-9-17)21-24-19-12-7-16(23)13-20(19)25-22(26-21)15-5-10-18(28-2)11-6-15/h3-13H,1-2H3,(H,24,25,26). The quantitative estimate of drug-likeness (QED) is 0.655. The second kappa shape index (κ2) is 7.74. The fourth-order valence-electron chi connectivity index (χ4n) is 2.86.